The molecule has 0 spiro atoms. The van der Waals surface area contributed by atoms with Gasteiger partial charge < -0.3 is 14.5 Å². The first kappa shape index (κ1) is 21.9. The van der Waals surface area contributed by atoms with E-state index in [1.807, 2.05) is 24.3 Å². The lowest BCUT2D eigenvalue weighted by Crippen LogP contribution is -2.34. The first-order valence-electron chi connectivity index (χ1n) is 11.2. The molecule has 1 fully saturated rings. The van der Waals surface area contributed by atoms with Crippen molar-refractivity contribution in [2.45, 2.75) is 51.4 Å². The number of hydrogen-bond acceptors (Lipinski definition) is 7. The van der Waals surface area contributed by atoms with Crippen molar-refractivity contribution in [3.63, 3.8) is 0 Å². The molecule has 0 atom stereocenters. The number of nitrogens with one attached hydrogen (secondary N) is 1. The fraction of sp³-hybridized carbons (Fsp3) is 0.458. The van der Waals surface area contributed by atoms with E-state index >= 15 is 0 Å². The molecular weight excluding hydrogens is 406 g/mol. The van der Waals surface area contributed by atoms with E-state index in [0.717, 1.165) is 37.0 Å². The first-order chi connectivity index (χ1) is 15.6. The van der Waals surface area contributed by atoms with E-state index in [1.54, 1.807) is 18.6 Å². The molecule has 8 heteroatoms. The molecule has 32 heavy (non-hydrogen) atoms. The van der Waals surface area contributed by atoms with Crippen LogP contribution in [-0.2, 0) is 4.79 Å². The molecule has 0 bridgehead atoms. The molecule has 0 aliphatic heterocycles. The van der Waals surface area contributed by atoms with E-state index in [9.17, 15) is 4.79 Å². The van der Waals surface area contributed by atoms with Crippen LogP contribution in [0, 0.1) is 5.92 Å². The van der Waals surface area contributed by atoms with Crippen molar-refractivity contribution < 1.29 is 13.9 Å². The summed E-state index contributed by atoms with van der Waals surface area (Å²) in [6, 6.07) is 7.87. The van der Waals surface area contributed by atoms with E-state index in [1.165, 1.54) is 0 Å². The highest BCUT2D eigenvalue weighted by atomic mass is 16.5. The van der Waals surface area contributed by atoms with Crippen LogP contribution in [0.1, 0.15) is 62.8 Å². The SMILES string of the molecule is CC(C)c1ccccc1OCC(=O)NCC1CCC(c2nnc(-c3cnccn3)o2)CC1. The molecule has 1 aliphatic carbocycles. The zero-order valence-electron chi connectivity index (χ0n) is 18.5. The van der Waals surface area contributed by atoms with Gasteiger partial charge in [-0.2, -0.15) is 0 Å². The van der Waals surface area contributed by atoms with E-state index < -0.39 is 0 Å². The van der Waals surface area contributed by atoms with Crippen LogP contribution in [0.5, 0.6) is 5.75 Å². The summed E-state index contributed by atoms with van der Waals surface area (Å²) in [7, 11) is 0. The van der Waals surface area contributed by atoms with E-state index in [0.29, 0.717) is 35.9 Å². The third-order valence-electron chi connectivity index (χ3n) is 5.91. The Morgan fingerprint density at radius 1 is 1.16 bits per heavy atom. The van der Waals surface area contributed by atoms with Crippen LogP contribution in [-0.4, -0.2) is 39.2 Å². The molecule has 1 amide bonds. The van der Waals surface area contributed by atoms with Crippen molar-refractivity contribution in [2.75, 3.05) is 13.2 Å². The van der Waals surface area contributed by atoms with Gasteiger partial charge in [0.05, 0.1) is 6.20 Å². The van der Waals surface area contributed by atoms with Gasteiger partial charge in [-0.3, -0.25) is 9.78 Å². The van der Waals surface area contributed by atoms with Gasteiger partial charge in [-0.25, -0.2) is 4.98 Å². The van der Waals surface area contributed by atoms with Gasteiger partial charge in [0.1, 0.15) is 11.4 Å². The number of amides is 1. The smallest absolute Gasteiger partial charge is 0.267 e. The van der Waals surface area contributed by atoms with Crippen molar-refractivity contribution in [3.8, 4) is 17.3 Å². The van der Waals surface area contributed by atoms with Crippen LogP contribution >= 0.6 is 0 Å². The van der Waals surface area contributed by atoms with E-state index in [2.05, 4.69) is 39.3 Å². The number of carbonyl (C=O) groups excluding carboxylic acids is 1. The summed E-state index contributed by atoms with van der Waals surface area (Å²) in [5, 5.41) is 11.4. The van der Waals surface area contributed by atoms with Crippen LogP contribution in [0.4, 0.5) is 0 Å². The quantitative estimate of drug-likeness (QED) is 0.568. The van der Waals surface area contributed by atoms with Gasteiger partial charge in [-0.05, 0) is 49.1 Å². The maximum absolute atomic E-state index is 12.3. The Hall–Kier alpha value is -3.29. The molecule has 3 aromatic rings. The zero-order valence-corrected chi connectivity index (χ0v) is 18.5. The molecule has 4 rings (SSSR count). The highest BCUT2D eigenvalue weighted by Crippen LogP contribution is 2.35. The minimum absolute atomic E-state index is 0.0339. The summed E-state index contributed by atoms with van der Waals surface area (Å²) < 4.78 is 11.6. The van der Waals surface area contributed by atoms with Gasteiger partial charge in [-0.1, -0.05) is 32.0 Å². The second-order valence-corrected chi connectivity index (χ2v) is 8.54. The van der Waals surface area contributed by atoms with Crippen LogP contribution in [0.2, 0.25) is 0 Å². The summed E-state index contributed by atoms with van der Waals surface area (Å²) in [6.45, 7) is 4.93. The normalized spacial score (nSPS) is 18.5. The average Bonchev–Trinajstić information content (AvgIpc) is 3.33. The molecule has 0 radical (unpaired) electrons. The molecule has 1 aliphatic rings. The third kappa shape index (κ3) is 5.49. The summed E-state index contributed by atoms with van der Waals surface area (Å²) in [5.41, 5.74) is 1.70. The topological polar surface area (TPSA) is 103 Å². The molecule has 2 aromatic heterocycles. The average molecular weight is 436 g/mol. The van der Waals surface area contributed by atoms with Gasteiger partial charge in [0.2, 0.25) is 5.89 Å². The van der Waals surface area contributed by atoms with Crippen molar-refractivity contribution in [1.29, 1.82) is 0 Å². The minimum Gasteiger partial charge on any atom is -0.483 e. The fourth-order valence-electron chi connectivity index (χ4n) is 4.07. The second kappa shape index (κ2) is 10.3. The number of benzene rings is 1. The fourth-order valence-corrected chi connectivity index (χ4v) is 4.07. The van der Waals surface area contributed by atoms with Crippen molar-refractivity contribution in [1.82, 2.24) is 25.5 Å². The lowest BCUT2D eigenvalue weighted by atomic mass is 9.82. The van der Waals surface area contributed by atoms with Crippen molar-refractivity contribution in [3.05, 3.63) is 54.3 Å². The second-order valence-electron chi connectivity index (χ2n) is 8.54. The Balaban J connectivity index is 1.20. The lowest BCUT2D eigenvalue weighted by Gasteiger charge is -2.26. The number of hydrogen-bond donors (Lipinski definition) is 1. The Morgan fingerprint density at radius 3 is 2.72 bits per heavy atom. The van der Waals surface area contributed by atoms with Gasteiger partial charge >= 0.3 is 0 Å². The molecule has 1 saturated carbocycles. The summed E-state index contributed by atoms with van der Waals surface area (Å²) in [5.74, 6) is 2.79. The molecule has 168 valence electrons. The Kier molecular flexibility index (Phi) is 7.09. The molecule has 0 saturated heterocycles. The maximum atomic E-state index is 12.3. The Labute approximate surface area is 187 Å². The molecule has 1 aromatic carbocycles. The number of carbonyl (C=O) groups is 1. The van der Waals surface area contributed by atoms with Gasteiger partial charge in [0, 0.05) is 24.9 Å². The largest absolute Gasteiger partial charge is 0.483 e. The number of para-hydroxylation sites is 1. The third-order valence-corrected chi connectivity index (χ3v) is 5.91. The summed E-state index contributed by atoms with van der Waals surface area (Å²) in [6.07, 6.45) is 8.75. The molecular formula is C24H29N5O3. The first-order valence-corrected chi connectivity index (χ1v) is 11.2. The number of rotatable bonds is 8. The Bertz CT molecular complexity index is 1010. The number of aromatic nitrogens is 4. The van der Waals surface area contributed by atoms with Crippen molar-refractivity contribution >= 4 is 5.91 Å². The van der Waals surface area contributed by atoms with Gasteiger partial charge in [0.15, 0.2) is 6.61 Å². The van der Waals surface area contributed by atoms with Crippen LogP contribution in [0.3, 0.4) is 0 Å². The predicted molar refractivity (Wildman–Crippen MR) is 119 cm³/mol. The number of ether oxygens (including phenoxy) is 1. The zero-order chi connectivity index (χ0) is 22.3. The molecule has 8 nitrogen and oxygen atoms in total. The van der Waals surface area contributed by atoms with Crippen molar-refractivity contribution in [2.24, 2.45) is 5.92 Å². The predicted octanol–water partition coefficient (Wildman–Crippen LogP) is 4.12. The van der Waals surface area contributed by atoms with Crippen LogP contribution in [0.15, 0.2) is 47.3 Å². The van der Waals surface area contributed by atoms with E-state index in [4.69, 9.17) is 9.15 Å². The number of nitrogens with zero attached hydrogens (tertiary/aromatic N) is 4. The van der Waals surface area contributed by atoms with E-state index in [-0.39, 0.29) is 18.4 Å². The van der Waals surface area contributed by atoms with Crippen LogP contribution in [0.25, 0.3) is 11.6 Å². The highest BCUT2D eigenvalue weighted by molar-refractivity contribution is 5.77. The van der Waals surface area contributed by atoms with Crippen LogP contribution < -0.4 is 10.1 Å². The lowest BCUT2D eigenvalue weighted by molar-refractivity contribution is -0.123. The van der Waals surface area contributed by atoms with Gasteiger partial charge in [0.25, 0.3) is 11.8 Å². The Morgan fingerprint density at radius 2 is 1.97 bits per heavy atom. The molecule has 0 unspecified atom stereocenters. The maximum Gasteiger partial charge on any atom is 0.267 e. The minimum atomic E-state index is -0.0869. The summed E-state index contributed by atoms with van der Waals surface area (Å²) in [4.78, 5) is 20.5. The standard InChI is InChI=1S/C24H29N5O3/c1-16(2)19-5-3-4-6-21(19)31-15-22(30)27-13-17-7-9-18(10-8-17)23-28-29-24(32-23)20-14-25-11-12-26-20/h3-6,11-12,14,16-18H,7-10,13,15H2,1-2H3,(H,27,30). The molecule has 2 heterocycles. The summed E-state index contributed by atoms with van der Waals surface area (Å²) >= 11 is 0. The highest BCUT2D eigenvalue weighted by Gasteiger charge is 2.27. The monoisotopic (exact) mass is 435 g/mol. The van der Waals surface area contributed by atoms with Gasteiger partial charge in [-0.15, -0.1) is 10.2 Å². The molecule has 1 N–H and O–H groups in total.